The molecule has 8 nitrogen and oxygen atoms in total. The first-order valence-electron chi connectivity index (χ1n) is 11.1. The van der Waals surface area contributed by atoms with E-state index in [1.807, 2.05) is 30.3 Å². The van der Waals surface area contributed by atoms with Gasteiger partial charge in [0.2, 0.25) is 0 Å². The van der Waals surface area contributed by atoms with Crippen LogP contribution >= 0.6 is 0 Å². The van der Waals surface area contributed by atoms with Crippen LogP contribution in [0, 0.1) is 0 Å². The van der Waals surface area contributed by atoms with Crippen molar-refractivity contribution in [3.63, 3.8) is 0 Å². The molecule has 3 heterocycles. The highest BCUT2D eigenvalue weighted by atomic mass is 16.5. The first kappa shape index (κ1) is 22.0. The van der Waals surface area contributed by atoms with Gasteiger partial charge in [0.1, 0.15) is 6.10 Å². The van der Waals surface area contributed by atoms with E-state index in [9.17, 15) is 14.7 Å². The molecule has 0 spiro atoms. The molecule has 0 radical (unpaired) electrons. The number of ether oxygens (including phenoxy) is 2. The predicted octanol–water partition coefficient (Wildman–Crippen LogP) is 3.27. The van der Waals surface area contributed by atoms with Crippen LogP contribution in [0.15, 0.2) is 58.1 Å². The minimum Gasteiger partial charge on any atom is -0.504 e. The predicted molar refractivity (Wildman–Crippen MR) is 130 cm³/mol. The highest BCUT2D eigenvalue weighted by Crippen LogP contribution is 2.46. The summed E-state index contributed by atoms with van der Waals surface area (Å²) >= 11 is 0. The second-order valence-corrected chi connectivity index (χ2v) is 9.30. The molecule has 34 heavy (non-hydrogen) atoms. The van der Waals surface area contributed by atoms with Crippen molar-refractivity contribution in [3.05, 3.63) is 80.6 Å². The number of phenolic OH excluding ortho intramolecular Hbond substituents is 1. The lowest BCUT2D eigenvalue weighted by Crippen LogP contribution is -2.40. The van der Waals surface area contributed by atoms with Crippen molar-refractivity contribution in [3.8, 4) is 22.8 Å². The molecule has 8 heteroatoms. The molecule has 0 saturated carbocycles. The Balaban J connectivity index is 1.98. The Morgan fingerprint density at radius 1 is 1.06 bits per heavy atom. The molecule has 2 aromatic heterocycles. The summed E-state index contributed by atoms with van der Waals surface area (Å²) < 4.78 is 16.5. The van der Waals surface area contributed by atoms with Gasteiger partial charge in [-0.2, -0.15) is 0 Å². The van der Waals surface area contributed by atoms with Gasteiger partial charge in [-0.15, -0.1) is 0 Å². The first-order valence-corrected chi connectivity index (χ1v) is 11.1. The second-order valence-electron chi connectivity index (χ2n) is 9.30. The first-order chi connectivity index (χ1) is 16.2. The largest absolute Gasteiger partial charge is 0.504 e. The summed E-state index contributed by atoms with van der Waals surface area (Å²) in [6.45, 7) is 4.49. The Kier molecular flexibility index (Phi) is 4.95. The van der Waals surface area contributed by atoms with E-state index < -0.39 is 17.3 Å². The fourth-order valence-corrected chi connectivity index (χ4v) is 4.98. The molecule has 0 fully saturated rings. The Bertz CT molecular complexity index is 1540. The van der Waals surface area contributed by atoms with Gasteiger partial charge in [-0.1, -0.05) is 36.4 Å². The molecule has 1 aliphatic heterocycles. The van der Waals surface area contributed by atoms with Crippen LogP contribution in [0.5, 0.6) is 11.5 Å². The van der Waals surface area contributed by atoms with Crippen molar-refractivity contribution in [1.29, 1.82) is 0 Å². The zero-order valence-electron chi connectivity index (χ0n) is 19.8. The van der Waals surface area contributed by atoms with Crippen molar-refractivity contribution in [2.45, 2.75) is 25.5 Å². The molecule has 0 saturated heterocycles. The summed E-state index contributed by atoms with van der Waals surface area (Å²) in [7, 11) is 4.66. The highest BCUT2D eigenvalue weighted by molar-refractivity contribution is 5.96. The number of methoxy groups -OCH3 is 1. The minimum atomic E-state index is -0.583. The minimum absolute atomic E-state index is 0.0221. The monoisotopic (exact) mass is 461 g/mol. The molecule has 4 aromatic rings. The average molecular weight is 462 g/mol. The van der Waals surface area contributed by atoms with E-state index in [0.29, 0.717) is 23.3 Å². The Hall–Kier alpha value is -3.78. The molecule has 1 atom stereocenters. The van der Waals surface area contributed by atoms with E-state index >= 15 is 0 Å². The number of fused-ring (bicyclic) bond motifs is 3. The van der Waals surface area contributed by atoms with Crippen LogP contribution < -0.4 is 16.0 Å². The fourth-order valence-electron chi connectivity index (χ4n) is 4.98. The van der Waals surface area contributed by atoms with Gasteiger partial charge in [0.05, 0.1) is 41.5 Å². The van der Waals surface area contributed by atoms with Gasteiger partial charge in [-0.25, -0.2) is 4.79 Å². The number of aromatic nitrogens is 3. The molecule has 0 amide bonds. The molecule has 1 aliphatic rings. The van der Waals surface area contributed by atoms with E-state index in [1.54, 1.807) is 25.2 Å². The zero-order chi connectivity index (χ0) is 24.4. The number of hydrogen-bond acceptors (Lipinski definition) is 5. The van der Waals surface area contributed by atoms with E-state index in [-0.39, 0.29) is 11.3 Å². The third-order valence-corrected chi connectivity index (χ3v) is 6.62. The van der Waals surface area contributed by atoms with Gasteiger partial charge in [0, 0.05) is 14.1 Å². The second kappa shape index (κ2) is 7.63. The number of nitrogens with zero attached hydrogens (tertiary/aromatic N) is 3. The quantitative estimate of drug-likeness (QED) is 0.506. The lowest BCUT2D eigenvalue weighted by Gasteiger charge is -2.39. The Morgan fingerprint density at radius 3 is 2.44 bits per heavy atom. The van der Waals surface area contributed by atoms with Crippen LogP contribution in [-0.2, 0) is 24.4 Å². The number of aryl methyl sites for hydroxylation is 1. The summed E-state index contributed by atoms with van der Waals surface area (Å²) in [6, 6.07) is 14.8. The molecular formula is C26H27N3O5. The maximum atomic E-state index is 13.6. The van der Waals surface area contributed by atoms with Gasteiger partial charge in [-0.05, 0) is 37.1 Å². The number of phenols is 1. The van der Waals surface area contributed by atoms with Gasteiger partial charge in [-0.3, -0.25) is 13.9 Å². The van der Waals surface area contributed by atoms with Gasteiger partial charge >= 0.3 is 5.69 Å². The van der Waals surface area contributed by atoms with Crippen LogP contribution in [0.1, 0.15) is 31.2 Å². The fraction of sp³-hybridized carbons (Fsp3) is 0.308. The zero-order valence-corrected chi connectivity index (χ0v) is 19.8. The molecule has 0 aliphatic carbocycles. The van der Waals surface area contributed by atoms with Crippen LogP contribution in [0.25, 0.3) is 22.2 Å². The van der Waals surface area contributed by atoms with Crippen LogP contribution in [0.3, 0.4) is 0 Å². The smallest absolute Gasteiger partial charge is 0.331 e. The standard InChI is InChI=1S/C26H27N3O5/c1-26(2)14-34-23(16-11-12-17(30)18(13-16)33-5)22-21-19(24(31)28(4)25(32)27(21)3)20(29(22)26)15-9-7-6-8-10-15/h6-13,23,30H,14H2,1-5H3/t23-/m1/s1. The number of aromatic hydroxyl groups is 1. The third-order valence-electron chi connectivity index (χ3n) is 6.62. The number of hydrogen-bond donors (Lipinski definition) is 1. The summed E-state index contributed by atoms with van der Waals surface area (Å²) in [5, 5.41) is 10.6. The molecule has 0 unspecified atom stereocenters. The van der Waals surface area contributed by atoms with Crippen molar-refractivity contribution >= 4 is 10.9 Å². The summed E-state index contributed by atoms with van der Waals surface area (Å²) in [4.78, 5) is 26.6. The maximum absolute atomic E-state index is 13.6. The van der Waals surface area contributed by atoms with Crippen LogP contribution in [0.2, 0.25) is 0 Å². The van der Waals surface area contributed by atoms with E-state index in [0.717, 1.165) is 27.1 Å². The van der Waals surface area contributed by atoms with Gasteiger partial charge < -0.3 is 19.1 Å². The molecule has 2 aromatic carbocycles. The average Bonchev–Trinajstić information content (AvgIpc) is 3.20. The normalized spacial score (nSPS) is 17.0. The van der Waals surface area contributed by atoms with Crippen LogP contribution in [-0.4, -0.2) is 32.5 Å². The molecular weight excluding hydrogens is 434 g/mol. The topological polar surface area (TPSA) is 87.6 Å². The lowest BCUT2D eigenvalue weighted by atomic mass is 9.97. The number of rotatable bonds is 3. The maximum Gasteiger partial charge on any atom is 0.331 e. The van der Waals surface area contributed by atoms with Crippen molar-refractivity contribution in [1.82, 2.24) is 13.7 Å². The molecule has 1 N–H and O–H groups in total. The SMILES string of the molecule is COc1cc([C@H]2OCC(C)(C)n3c(-c4ccccc4)c4c(=O)n(C)c(=O)n(C)c4c32)ccc1O. The Labute approximate surface area is 196 Å². The molecule has 5 rings (SSSR count). The van der Waals surface area contributed by atoms with E-state index in [1.165, 1.54) is 18.7 Å². The molecule has 0 bridgehead atoms. The van der Waals surface area contributed by atoms with E-state index in [4.69, 9.17) is 9.47 Å². The van der Waals surface area contributed by atoms with Gasteiger partial charge in [0.25, 0.3) is 5.56 Å². The van der Waals surface area contributed by atoms with Gasteiger partial charge in [0.15, 0.2) is 11.5 Å². The number of benzene rings is 2. The summed E-state index contributed by atoms with van der Waals surface area (Å²) in [5.41, 5.74) is 2.38. The highest BCUT2D eigenvalue weighted by Gasteiger charge is 2.40. The lowest BCUT2D eigenvalue weighted by molar-refractivity contribution is -0.00716. The summed E-state index contributed by atoms with van der Waals surface area (Å²) in [5.74, 6) is 0.343. The van der Waals surface area contributed by atoms with Crippen LogP contribution in [0.4, 0.5) is 0 Å². The van der Waals surface area contributed by atoms with Crippen molar-refractivity contribution in [2.24, 2.45) is 14.1 Å². The molecule has 176 valence electrons. The van der Waals surface area contributed by atoms with Crippen molar-refractivity contribution < 1.29 is 14.6 Å². The summed E-state index contributed by atoms with van der Waals surface area (Å²) in [6.07, 6.45) is -0.583. The van der Waals surface area contributed by atoms with Crippen molar-refractivity contribution in [2.75, 3.05) is 13.7 Å². The van der Waals surface area contributed by atoms with E-state index in [2.05, 4.69) is 18.4 Å². The third kappa shape index (κ3) is 3.02. The Morgan fingerprint density at radius 2 is 1.76 bits per heavy atom.